The summed E-state index contributed by atoms with van der Waals surface area (Å²) in [5.41, 5.74) is 3.21. The van der Waals surface area contributed by atoms with Gasteiger partial charge in [0.1, 0.15) is 0 Å². The van der Waals surface area contributed by atoms with E-state index in [2.05, 4.69) is 27.6 Å². The number of nitrogens with one attached hydrogen (secondary N) is 1. The van der Waals surface area contributed by atoms with Gasteiger partial charge < -0.3 is 5.32 Å². The van der Waals surface area contributed by atoms with E-state index in [1.807, 2.05) is 17.0 Å². The fourth-order valence-electron chi connectivity index (χ4n) is 3.40. The molecule has 1 aliphatic carbocycles. The van der Waals surface area contributed by atoms with E-state index in [1.54, 1.807) is 18.5 Å². The van der Waals surface area contributed by atoms with Crippen LogP contribution in [0.2, 0.25) is 0 Å². The molecule has 0 unspecified atom stereocenters. The van der Waals surface area contributed by atoms with Crippen molar-refractivity contribution in [3.63, 3.8) is 0 Å². The molecule has 4 rings (SSSR count). The molecule has 1 aromatic carbocycles. The minimum absolute atomic E-state index is 0.0979. The fraction of sp³-hybridized carbons (Fsp3) is 0.312. The molecule has 1 aromatic heterocycles. The number of nitrogens with zero attached hydrogens (tertiary/aromatic N) is 3. The zero-order valence-corrected chi connectivity index (χ0v) is 11.6. The summed E-state index contributed by atoms with van der Waals surface area (Å²) in [5.74, 6) is 0. The molecule has 1 fully saturated rings. The lowest BCUT2D eigenvalue weighted by atomic mass is 9.66. The Bertz CT molecular complexity index is 682. The van der Waals surface area contributed by atoms with Gasteiger partial charge in [-0.3, -0.25) is 4.90 Å². The molecule has 0 atom stereocenters. The van der Waals surface area contributed by atoms with Gasteiger partial charge in [-0.25, -0.2) is 4.79 Å². The van der Waals surface area contributed by atoms with Crippen molar-refractivity contribution >= 4 is 17.4 Å². The number of fused-ring (bicyclic) bond motifs is 2. The van der Waals surface area contributed by atoms with Gasteiger partial charge in [0.15, 0.2) is 0 Å². The number of benzene rings is 1. The summed E-state index contributed by atoms with van der Waals surface area (Å²) < 4.78 is 0. The van der Waals surface area contributed by atoms with E-state index in [0.29, 0.717) is 5.69 Å². The number of carbonyl (C=O) groups is 1. The van der Waals surface area contributed by atoms with Crippen LogP contribution >= 0.6 is 0 Å². The number of carbonyl (C=O) groups excluding carboxylic acids is 1. The minimum atomic E-state index is -0.0979. The van der Waals surface area contributed by atoms with E-state index < -0.39 is 0 Å². The first-order valence-corrected chi connectivity index (χ1v) is 7.23. The molecule has 2 amide bonds. The molecule has 5 nitrogen and oxygen atoms in total. The summed E-state index contributed by atoms with van der Waals surface area (Å²) in [6.07, 6.45) is 6.72. The predicted molar refractivity (Wildman–Crippen MR) is 80.4 cm³/mol. The minimum Gasteiger partial charge on any atom is -0.306 e. The molecule has 1 N–H and O–H groups in total. The van der Waals surface area contributed by atoms with Crippen LogP contribution in [0.5, 0.6) is 0 Å². The van der Waals surface area contributed by atoms with E-state index >= 15 is 0 Å². The lowest BCUT2D eigenvalue weighted by molar-refractivity contribution is 0.244. The maximum atomic E-state index is 12.6. The topological polar surface area (TPSA) is 58.1 Å². The molecule has 0 bridgehead atoms. The smallest absolute Gasteiger partial charge is 0.306 e. The van der Waals surface area contributed by atoms with Crippen LogP contribution in [0, 0.1) is 0 Å². The standard InChI is InChI=1S/C16H16N4O/c21-15(19-12-6-9-17-18-10-12)20-11-16(7-3-8-16)13-4-1-2-5-14(13)20/h1-2,4-6,9-10H,3,7-8,11H2,(H,17,19,21). The number of hydrogen-bond acceptors (Lipinski definition) is 3. The van der Waals surface area contributed by atoms with Gasteiger partial charge in [0.05, 0.1) is 18.1 Å². The van der Waals surface area contributed by atoms with Gasteiger partial charge in [-0.05, 0) is 30.5 Å². The van der Waals surface area contributed by atoms with E-state index in [1.165, 1.54) is 24.8 Å². The van der Waals surface area contributed by atoms with Gasteiger partial charge >= 0.3 is 6.03 Å². The quantitative estimate of drug-likeness (QED) is 0.873. The molecule has 5 heteroatoms. The summed E-state index contributed by atoms with van der Waals surface area (Å²) >= 11 is 0. The van der Waals surface area contributed by atoms with Crippen LogP contribution in [0.15, 0.2) is 42.7 Å². The summed E-state index contributed by atoms with van der Waals surface area (Å²) in [7, 11) is 0. The Morgan fingerprint density at radius 2 is 2.05 bits per heavy atom. The highest BCUT2D eigenvalue weighted by Gasteiger charge is 2.48. The summed E-state index contributed by atoms with van der Waals surface area (Å²) in [5, 5.41) is 10.4. The van der Waals surface area contributed by atoms with Crippen molar-refractivity contribution in [2.45, 2.75) is 24.7 Å². The van der Waals surface area contributed by atoms with Crippen molar-refractivity contribution in [3.8, 4) is 0 Å². The Hall–Kier alpha value is -2.43. The van der Waals surface area contributed by atoms with E-state index in [0.717, 1.165) is 12.2 Å². The third-order valence-corrected chi connectivity index (χ3v) is 4.62. The number of hydrogen-bond donors (Lipinski definition) is 1. The molecule has 0 saturated heterocycles. The summed E-state index contributed by atoms with van der Waals surface area (Å²) in [6, 6.07) is 9.89. The van der Waals surface area contributed by atoms with E-state index in [4.69, 9.17) is 0 Å². The Labute approximate surface area is 123 Å². The molecular weight excluding hydrogens is 264 g/mol. The van der Waals surface area contributed by atoms with Crippen molar-refractivity contribution < 1.29 is 4.79 Å². The Kier molecular flexibility index (Phi) is 2.67. The molecule has 1 spiro atoms. The van der Waals surface area contributed by atoms with Gasteiger partial charge in [0, 0.05) is 17.6 Å². The first kappa shape index (κ1) is 12.3. The molecular formula is C16H16N4O. The van der Waals surface area contributed by atoms with Crippen molar-refractivity contribution in [3.05, 3.63) is 48.3 Å². The highest BCUT2D eigenvalue weighted by molar-refractivity contribution is 6.03. The number of urea groups is 1. The van der Waals surface area contributed by atoms with Crippen LogP contribution in [0.4, 0.5) is 16.2 Å². The maximum Gasteiger partial charge on any atom is 0.326 e. The van der Waals surface area contributed by atoms with Crippen LogP contribution in [-0.2, 0) is 5.41 Å². The maximum absolute atomic E-state index is 12.6. The van der Waals surface area contributed by atoms with E-state index in [9.17, 15) is 4.79 Å². The summed E-state index contributed by atoms with van der Waals surface area (Å²) in [6.45, 7) is 0.774. The molecule has 1 saturated carbocycles. The third kappa shape index (κ3) is 1.88. The van der Waals surface area contributed by atoms with Crippen LogP contribution in [0.25, 0.3) is 0 Å². The number of aromatic nitrogens is 2. The van der Waals surface area contributed by atoms with Crippen molar-refractivity contribution in [1.82, 2.24) is 10.2 Å². The van der Waals surface area contributed by atoms with Crippen molar-refractivity contribution in [1.29, 1.82) is 0 Å². The molecule has 2 aliphatic rings. The number of amides is 2. The van der Waals surface area contributed by atoms with Gasteiger partial charge in [0.2, 0.25) is 0 Å². The van der Waals surface area contributed by atoms with Crippen molar-refractivity contribution in [2.75, 3.05) is 16.8 Å². The fourth-order valence-corrected chi connectivity index (χ4v) is 3.40. The number of rotatable bonds is 1. The lowest BCUT2D eigenvalue weighted by Crippen LogP contribution is -2.42. The zero-order valence-electron chi connectivity index (χ0n) is 11.6. The second kappa shape index (κ2) is 4.55. The molecule has 2 heterocycles. The molecule has 1 aliphatic heterocycles. The first-order valence-electron chi connectivity index (χ1n) is 7.23. The zero-order chi connectivity index (χ0) is 14.3. The highest BCUT2D eigenvalue weighted by Crippen LogP contribution is 2.52. The number of anilines is 2. The SMILES string of the molecule is O=C(Nc1ccnnc1)N1CC2(CCC2)c2ccccc21. The largest absolute Gasteiger partial charge is 0.326 e. The van der Waals surface area contributed by atoms with Crippen LogP contribution in [-0.4, -0.2) is 22.8 Å². The van der Waals surface area contributed by atoms with Crippen LogP contribution in [0.1, 0.15) is 24.8 Å². The second-order valence-electron chi connectivity index (χ2n) is 5.80. The third-order valence-electron chi connectivity index (χ3n) is 4.62. The highest BCUT2D eigenvalue weighted by atomic mass is 16.2. The first-order chi connectivity index (χ1) is 10.3. The number of para-hydroxylation sites is 1. The molecule has 106 valence electrons. The Balaban J connectivity index is 1.63. The monoisotopic (exact) mass is 280 g/mol. The Morgan fingerprint density at radius 1 is 1.19 bits per heavy atom. The predicted octanol–water partition coefficient (Wildman–Crippen LogP) is 2.95. The second-order valence-corrected chi connectivity index (χ2v) is 5.80. The Morgan fingerprint density at radius 3 is 2.76 bits per heavy atom. The molecule has 0 radical (unpaired) electrons. The van der Waals surface area contributed by atoms with Crippen LogP contribution < -0.4 is 10.2 Å². The lowest BCUT2D eigenvalue weighted by Gasteiger charge is -2.38. The average molecular weight is 280 g/mol. The van der Waals surface area contributed by atoms with Crippen molar-refractivity contribution in [2.24, 2.45) is 0 Å². The van der Waals surface area contributed by atoms with Crippen LogP contribution in [0.3, 0.4) is 0 Å². The van der Waals surface area contributed by atoms with Gasteiger partial charge in [-0.15, -0.1) is 0 Å². The van der Waals surface area contributed by atoms with Gasteiger partial charge in [-0.2, -0.15) is 10.2 Å². The molecule has 2 aromatic rings. The normalized spacial score (nSPS) is 18.2. The average Bonchev–Trinajstić information content (AvgIpc) is 2.84. The van der Waals surface area contributed by atoms with E-state index in [-0.39, 0.29) is 11.4 Å². The van der Waals surface area contributed by atoms with Gasteiger partial charge in [0.25, 0.3) is 0 Å². The van der Waals surface area contributed by atoms with Gasteiger partial charge in [-0.1, -0.05) is 24.6 Å². The summed E-state index contributed by atoms with van der Waals surface area (Å²) in [4.78, 5) is 14.4. The molecule has 21 heavy (non-hydrogen) atoms.